The van der Waals surface area contributed by atoms with Crippen molar-refractivity contribution in [1.82, 2.24) is 5.32 Å². The van der Waals surface area contributed by atoms with Crippen LogP contribution in [0.1, 0.15) is 50.6 Å². The standard InChI is InChI=1S/C16H21Br2N/c1-12(15-8-7-14(17)11-16(15)18)19-10-9-13-5-3-2-4-6-13/h5,7-8,11-12,19H,2-4,6,9-10H2,1H3. The Morgan fingerprint density at radius 1 is 1.26 bits per heavy atom. The van der Waals surface area contributed by atoms with E-state index in [2.05, 4.69) is 68.4 Å². The maximum absolute atomic E-state index is 3.63. The summed E-state index contributed by atoms with van der Waals surface area (Å²) >= 11 is 7.13. The summed E-state index contributed by atoms with van der Waals surface area (Å²) in [6.07, 6.45) is 8.96. The molecule has 0 fully saturated rings. The van der Waals surface area contributed by atoms with Crippen molar-refractivity contribution in [3.63, 3.8) is 0 Å². The predicted octanol–water partition coefficient (Wildman–Crippen LogP) is 5.75. The van der Waals surface area contributed by atoms with Crippen molar-refractivity contribution in [3.8, 4) is 0 Å². The van der Waals surface area contributed by atoms with Gasteiger partial charge >= 0.3 is 0 Å². The Labute approximate surface area is 133 Å². The van der Waals surface area contributed by atoms with Crippen LogP contribution in [0.3, 0.4) is 0 Å². The highest BCUT2D eigenvalue weighted by Gasteiger charge is 2.09. The maximum Gasteiger partial charge on any atom is 0.0303 e. The fourth-order valence-electron chi connectivity index (χ4n) is 2.54. The summed E-state index contributed by atoms with van der Waals surface area (Å²) in [5, 5.41) is 3.62. The van der Waals surface area contributed by atoms with Crippen molar-refractivity contribution in [2.75, 3.05) is 6.54 Å². The molecule has 0 aliphatic heterocycles. The van der Waals surface area contributed by atoms with Gasteiger partial charge in [0.1, 0.15) is 0 Å². The molecule has 1 aliphatic rings. The molecule has 1 nitrogen and oxygen atoms in total. The van der Waals surface area contributed by atoms with Crippen LogP contribution < -0.4 is 5.32 Å². The minimum atomic E-state index is 0.381. The third-order valence-corrected chi connectivity index (χ3v) is 4.89. The zero-order valence-corrected chi connectivity index (χ0v) is 14.6. The van der Waals surface area contributed by atoms with Crippen molar-refractivity contribution in [3.05, 3.63) is 44.4 Å². The molecule has 0 aromatic heterocycles. The van der Waals surface area contributed by atoms with Gasteiger partial charge in [0.15, 0.2) is 0 Å². The lowest BCUT2D eigenvalue weighted by Gasteiger charge is -2.18. The molecule has 1 aromatic rings. The first kappa shape index (κ1) is 15.3. The summed E-state index contributed by atoms with van der Waals surface area (Å²) in [5.74, 6) is 0. The summed E-state index contributed by atoms with van der Waals surface area (Å²) in [5.41, 5.74) is 2.96. The van der Waals surface area contributed by atoms with Crippen molar-refractivity contribution in [2.45, 2.75) is 45.1 Å². The van der Waals surface area contributed by atoms with Crippen LogP contribution in [0.15, 0.2) is 38.8 Å². The van der Waals surface area contributed by atoms with E-state index in [0.717, 1.165) is 11.0 Å². The fourth-order valence-corrected chi connectivity index (χ4v) is 3.93. The van der Waals surface area contributed by atoms with E-state index >= 15 is 0 Å². The Bertz CT molecular complexity index is 454. The highest BCUT2D eigenvalue weighted by molar-refractivity contribution is 9.11. The molecule has 1 unspecified atom stereocenters. The molecule has 1 atom stereocenters. The molecule has 1 aliphatic carbocycles. The molecule has 0 saturated carbocycles. The van der Waals surface area contributed by atoms with E-state index in [9.17, 15) is 0 Å². The van der Waals surface area contributed by atoms with Crippen LogP contribution in [0.4, 0.5) is 0 Å². The van der Waals surface area contributed by atoms with Crippen LogP contribution in [0.25, 0.3) is 0 Å². The summed E-state index contributed by atoms with van der Waals surface area (Å²) in [6, 6.07) is 6.76. The number of hydrogen-bond acceptors (Lipinski definition) is 1. The summed E-state index contributed by atoms with van der Waals surface area (Å²) in [4.78, 5) is 0. The molecular weight excluding hydrogens is 366 g/mol. The average molecular weight is 387 g/mol. The second kappa shape index (κ2) is 7.61. The number of halogens is 2. The van der Waals surface area contributed by atoms with Gasteiger partial charge < -0.3 is 5.32 Å². The van der Waals surface area contributed by atoms with E-state index in [4.69, 9.17) is 0 Å². The van der Waals surface area contributed by atoms with E-state index in [1.54, 1.807) is 5.57 Å². The SMILES string of the molecule is CC(NCCC1=CCCCC1)c1ccc(Br)cc1Br. The Morgan fingerprint density at radius 3 is 2.79 bits per heavy atom. The maximum atomic E-state index is 3.63. The fraction of sp³-hybridized carbons (Fsp3) is 0.500. The zero-order valence-electron chi connectivity index (χ0n) is 11.4. The molecule has 0 amide bonds. The second-order valence-electron chi connectivity index (χ2n) is 5.20. The van der Waals surface area contributed by atoms with Crippen LogP contribution in [0, 0.1) is 0 Å². The molecule has 0 radical (unpaired) electrons. The third kappa shape index (κ3) is 4.73. The first-order valence-electron chi connectivity index (χ1n) is 7.03. The van der Waals surface area contributed by atoms with Gasteiger partial charge in [0.05, 0.1) is 0 Å². The first-order valence-corrected chi connectivity index (χ1v) is 8.61. The zero-order chi connectivity index (χ0) is 13.7. The number of benzene rings is 1. The molecule has 0 saturated heterocycles. The molecule has 3 heteroatoms. The number of nitrogens with one attached hydrogen (secondary N) is 1. The van der Waals surface area contributed by atoms with Crippen molar-refractivity contribution in [2.24, 2.45) is 0 Å². The van der Waals surface area contributed by atoms with Crippen LogP contribution in [-0.2, 0) is 0 Å². The van der Waals surface area contributed by atoms with Crippen LogP contribution in [0.5, 0.6) is 0 Å². The van der Waals surface area contributed by atoms with Crippen LogP contribution >= 0.6 is 31.9 Å². The van der Waals surface area contributed by atoms with E-state index in [1.165, 1.54) is 42.1 Å². The third-order valence-electron chi connectivity index (χ3n) is 3.71. The van der Waals surface area contributed by atoms with Crippen molar-refractivity contribution >= 4 is 31.9 Å². The smallest absolute Gasteiger partial charge is 0.0303 e. The summed E-state index contributed by atoms with van der Waals surface area (Å²) in [6.45, 7) is 3.29. The molecule has 0 heterocycles. The topological polar surface area (TPSA) is 12.0 Å². The minimum absolute atomic E-state index is 0.381. The van der Waals surface area contributed by atoms with E-state index in [-0.39, 0.29) is 0 Å². The highest BCUT2D eigenvalue weighted by Crippen LogP contribution is 2.27. The van der Waals surface area contributed by atoms with Gasteiger partial charge in [-0.3, -0.25) is 0 Å². The number of rotatable bonds is 5. The van der Waals surface area contributed by atoms with Gasteiger partial charge in [-0.25, -0.2) is 0 Å². The van der Waals surface area contributed by atoms with E-state index < -0.39 is 0 Å². The summed E-state index contributed by atoms with van der Waals surface area (Å²) in [7, 11) is 0. The molecule has 0 bridgehead atoms. The molecule has 104 valence electrons. The Kier molecular flexibility index (Phi) is 6.11. The van der Waals surface area contributed by atoms with Gasteiger partial charge in [0.25, 0.3) is 0 Å². The first-order chi connectivity index (χ1) is 9.16. The van der Waals surface area contributed by atoms with Crippen LogP contribution in [0.2, 0.25) is 0 Å². The lowest BCUT2D eigenvalue weighted by atomic mass is 9.97. The Balaban J connectivity index is 1.83. The quantitative estimate of drug-likeness (QED) is 0.635. The molecule has 1 aromatic carbocycles. The van der Waals surface area contributed by atoms with Gasteiger partial charge in [-0.1, -0.05) is 49.6 Å². The number of allylic oxidation sites excluding steroid dienone is 1. The van der Waals surface area contributed by atoms with Gasteiger partial charge in [-0.2, -0.15) is 0 Å². The number of hydrogen-bond donors (Lipinski definition) is 1. The lowest BCUT2D eigenvalue weighted by molar-refractivity contribution is 0.561. The largest absolute Gasteiger partial charge is 0.310 e. The average Bonchev–Trinajstić information content (AvgIpc) is 2.39. The van der Waals surface area contributed by atoms with Gasteiger partial charge in [-0.15, -0.1) is 0 Å². The molecule has 1 N–H and O–H groups in total. The van der Waals surface area contributed by atoms with Crippen molar-refractivity contribution < 1.29 is 0 Å². The molecular formula is C16H21Br2N. The lowest BCUT2D eigenvalue weighted by Crippen LogP contribution is -2.20. The van der Waals surface area contributed by atoms with Gasteiger partial charge in [0, 0.05) is 15.0 Å². The van der Waals surface area contributed by atoms with Gasteiger partial charge in [-0.05, 0) is 63.3 Å². The monoisotopic (exact) mass is 385 g/mol. The predicted molar refractivity (Wildman–Crippen MR) is 89.4 cm³/mol. The molecule has 19 heavy (non-hydrogen) atoms. The normalized spacial score (nSPS) is 17.1. The van der Waals surface area contributed by atoms with E-state index in [0.29, 0.717) is 6.04 Å². The van der Waals surface area contributed by atoms with Crippen molar-refractivity contribution in [1.29, 1.82) is 0 Å². The van der Waals surface area contributed by atoms with E-state index in [1.807, 2.05) is 0 Å². The Morgan fingerprint density at radius 2 is 2.11 bits per heavy atom. The Hall–Kier alpha value is -0.120. The molecule has 0 spiro atoms. The summed E-state index contributed by atoms with van der Waals surface area (Å²) < 4.78 is 2.28. The second-order valence-corrected chi connectivity index (χ2v) is 6.97. The molecule has 2 rings (SSSR count). The minimum Gasteiger partial charge on any atom is -0.310 e. The van der Waals surface area contributed by atoms with Gasteiger partial charge in [0.2, 0.25) is 0 Å². The van der Waals surface area contributed by atoms with Crippen LogP contribution in [-0.4, -0.2) is 6.54 Å². The highest BCUT2D eigenvalue weighted by atomic mass is 79.9.